The van der Waals surface area contributed by atoms with Crippen molar-refractivity contribution in [3.63, 3.8) is 0 Å². The van der Waals surface area contributed by atoms with Crippen LogP contribution in [0.15, 0.2) is 12.4 Å². The number of nitrogens with zero attached hydrogens (tertiary/aromatic N) is 4. The van der Waals surface area contributed by atoms with E-state index in [1.165, 1.54) is 11.3 Å². The molecule has 2 rings (SSSR count). The lowest BCUT2D eigenvalue weighted by Gasteiger charge is -2.02. The minimum Gasteiger partial charge on any atom is -0.327 e. The van der Waals surface area contributed by atoms with Crippen LogP contribution in [-0.4, -0.2) is 20.0 Å². The molecule has 0 fully saturated rings. The summed E-state index contributed by atoms with van der Waals surface area (Å²) in [6.45, 7) is 6.11. The molecule has 2 aromatic heterocycles. The van der Waals surface area contributed by atoms with E-state index in [9.17, 15) is 0 Å². The van der Waals surface area contributed by atoms with Gasteiger partial charge in [0.2, 0.25) is 5.13 Å². The van der Waals surface area contributed by atoms with Gasteiger partial charge in [0.1, 0.15) is 5.01 Å². The second-order valence-electron chi connectivity index (χ2n) is 3.55. The van der Waals surface area contributed by atoms with Crippen LogP contribution in [0.5, 0.6) is 0 Å². The van der Waals surface area contributed by atoms with Crippen molar-refractivity contribution >= 4 is 22.2 Å². The van der Waals surface area contributed by atoms with Gasteiger partial charge >= 0.3 is 0 Å². The molecule has 0 unspecified atom stereocenters. The summed E-state index contributed by atoms with van der Waals surface area (Å²) >= 11 is 1.53. The van der Waals surface area contributed by atoms with Gasteiger partial charge in [-0.2, -0.15) is 5.10 Å². The number of aromatic nitrogens is 4. The molecule has 0 aromatic carbocycles. The smallest absolute Gasteiger partial charge is 0.210 e. The first kappa shape index (κ1) is 10.1. The first-order chi connectivity index (χ1) is 7.15. The van der Waals surface area contributed by atoms with Crippen LogP contribution in [0.1, 0.15) is 24.9 Å². The maximum absolute atomic E-state index is 4.23. The third-order valence-corrected chi connectivity index (χ3v) is 2.66. The van der Waals surface area contributed by atoms with E-state index < -0.39 is 0 Å². The van der Waals surface area contributed by atoms with Crippen LogP contribution >= 0.6 is 11.3 Å². The molecule has 6 heteroatoms. The van der Waals surface area contributed by atoms with Crippen LogP contribution in [0.3, 0.4) is 0 Å². The molecule has 2 heterocycles. The molecule has 80 valence electrons. The summed E-state index contributed by atoms with van der Waals surface area (Å²) in [5, 5.41) is 17.1. The number of nitrogens with one attached hydrogen (secondary N) is 1. The highest BCUT2D eigenvalue weighted by Crippen LogP contribution is 2.20. The minimum atomic E-state index is 0.372. The van der Waals surface area contributed by atoms with Gasteiger partial charge in [0.15, 0.2) is 0 Å². The predicted molar refractivity (Wildman–Crippen MR) is 60.5 cm³/mol. The standard InChI is InChI=1S/C9H13N5S/c1-6(2)14-5-8(4-10-14)11-9-13-12-7(3)15-9/h4-6H,1-3H3,(H,11,13). The molecule has 5 nitrogen and oxygen atoms in total. The Hall–Kier alpha value is -1.43. The summed E-state index contributed by atoms with van der Waals surface area (Å²) in [7, 11) is 0. The van der Waals surface area contributed by atoms with Crippen molar-refractivity contribution in [1.82, 2.24) is 20.0 Å². The highest BCUT2D eigenvalue weighted by atomic mass is 32.1. The normalized spacial score (nSPS) is 10.9. The summed E-state index contributed by atoms with van der Waals surface area (Å²) in [5.41, 5.74) is 0.944. The molecule has 0 atom stereocenters. The molecule has 0 aliphatic carbocycles. The topological polar surface area (TPSA) is 55.6 Å². The van der Waals surface area contributed by atoms with Crippen LogP contribution < -0.4 is 5.32 Å². The van der Waals surface area contributed by atoms with Crippen LogP contribution in [-0.2, 0) is 0 Å². The average molecular weight is 223 g/mol. The summed E-state index contributed by atoms with van der Waals surface area (Å²) in [4.78, 5) is 0. The Labute approximate surface area is 92.2 Å². The monoisotopic (exact) mass is 223 g/mol. The molecule has 0 amide bonds. The Morgan fingerprint density at radius 2 is 2.20 bits per heavy atom. The highest BCUT2D eigenvalue weighted by Gasteiger charge is 2.04. The zero-order valence-electron chi connectivity index (χ0n) is 8.93. The molecule has 15 heavy (non-hydrogen) atoms. The van der Waals surface area contributed by atoms with Crippen LogP contribution in [0, 0.1) is 6.92 Å². The number of hydrogen-bond donors (Lipinski definition) is 1. The number of hydrogen-bond acceptors (Lipinski definition) is 5. The third kappa shape index (κ3) is 2.33. The molecule has 0 bridgehead atoms. The van der Waals surface area contributed by atoms with Gasteiger partial charge in [-0.05, 0) is 20.8 Å². The van der Waals surface area contributed by atoms with Gasteiger partial charge in [-0.15, -0.1) is 10.2 Å². The SMILES string of the molecule is Cc1nnc(Nc2cnn(C(C)C)c2)s1. The molecular formula is C9H13N5S. The third-order valence-electron chi connectivity index (χ3n) is 1.91. The summed E-state index contributed by atoms with van der Waals surface area (Å²) in [6, 6.07) is 0.372. The van der Waals surface area contributed by atoms with Crippen molar-refractivity contribution in [3.8, 4) is 0 Å². The van der Waals surface area contributed by atoms with Crippen molar-refractivity contribution in [2.45, 2.75) is 26.8 Å². The molecule has 0 radical (unpaired) electrons. The van der Waals surface area contributed by atoms with Gasteiger partial charge in [-0.3, -0.25) is 4.68 Å². The first-order valence-electron chi connectivity index (χ1n) is 4.76. The minimum absolute atomic E-state index is 0.372. The van der Waals surface area contributed by atoms with Gasteiger partial charge < -0.3 is 5.32 Å². The molecule has 0 aliphatic rings. The zero-order valence-corrected chi connectivity index (χ0v) is 9.75. The lowest BCUT2D eigenvalue weighted by molar-refractivity contribution is 0.532. The van der Waals surface area contributed by atoms with Crippen LogP contribution in [0.2, 0.25) is 0 Å². The van der Waals surface area contributed by atoms with E-state index in [0.29, 0.717) is 6.04 Å². The molecule has 0 spiro atoms. The Kier molecular flexibility index (Phi) is 2.68. The van der Waals surface area contributed by atoms with E-state index >= 15 is 0 Å². The van der Waals surface area contributed by atoms with E-state index in [4.69, 9.17) is 0 Å². The summed E-state index contributed by atoms with van der Waals surface area (Å²) < 4.78 is 1.90. The lowest BCUT2D eigenvalue weighted by atomic mass is 10.4. The van der Waals surface area contributed by atoms with Crippen LogP contribution in [0.25, 0.3) is 0 Å². The molecule has 0 saturated carbocycles. The van der Waals surface area contributed by atoms with Gasteiger partial charge in [-0.25, -0.2) is 0 Å². The predicted octanol–water partition coefficient (Wildman–Crippen LogP) is 2.37. The lowest BCUT2D eigenvalue weighted by Crippen LogP contribution is -1.99. The maximum Gasteiger partial charge on any atom is 0.210 e. The highest BCUT2D eigenvalue weighted by molar-refractivity contribution is 7.15. The summed E-state index contributed by atoms with van der Waals surface area (Å²) in [5.74, 6) is 0. The molecule has 1 N–H and O–H groups in total. The van der Waals surface area contributed by atoms with Crippen molar-refractivity contribution in [1.29, 1.82) is 0 Å². The first-order valence-corrected chi connectivity index (χ1v) is 5.58. The van der Waals surface area contributed by atoms with Crippen molar-refractivity contribution in [2.75, 3.05) is 5.32 Å². The Morgan fingerprint density at radius 1 is 1.40 bits per heavy atom. The number of rotatable bonds is 3. The number of anilines is 2. The molecule has 0 aliphatic heterocycles. The Morgan fingerprint density at radius 3 is 2.73 bits per heavy atom. The van der Waals surface area contributed by atoms with Crippen LogP contribution in [0.4, 0.5) is 10.8 Å². The average Bonchev–Trinajstić information content (AvgIpc) is 2.76. The Bertz CT molecular complexity index is 445. The fourth-order valence-electron chi connectivity index (χ4n) is 1.16. The van der Waals surface area contributed by atoms with Gasteiger partial charge in [0.05, 0.1) is 11.9 Å². The molecular weight excluding hydrogens is 210 g/mol. The van der Waals surface area contributed by atoms with E-state index in [1.54, 1.807) is 6.20 Å². The zero-order chi connectivity index (χ0) is 10.8. The van der Waals surface area contributed by atoms with Crippen molar-refractivity contribution < 1.29 is 0 Å². The number of aryl methyl sites for hydroxylation is 1. The van der Waals surface area contributed by atoms with Crippen molar-refractivity contribution in [3.05, 3.63) is 17.4 Å². The fourth-order valence-corrected chi connectivity index (χ4v) is 1.77. The quantitative estimate of drug-likeness (QED) is 0.868. The second-order valence-corrected chi connectivity index (χ2v) is 4.74. The van der Waals surface area contributed by atoms with E-state index in [-0.39, 0.29) is 0 Å². The van der Waals surface area contributed by atoms with Gasteiger partial charge in [-0.1, -0.05) is 11.3 Å². The fraction of sp³-hybridized carbons (Fsp3) is 0.444. The summed E-state index contributed by atoms with van der Waals surface area (Å²) in [6.07, 6.45) is 3.75. The molecule has 0 saturated heterocycles. The Balaban J connectivity index is 2.11. The van der Waals surface area contributed by atoms with E-state index in [2.05, 4.69) is 34.5 Å². The van der Waals surface area contributed by atoms with Gasteiger partial charge in [0, 0.05) is 12.2 Å². The molecule has 2 aromatic rings. The second kappa shape index (κ2) is 3.98. The van der Waals surface area contributed by atoms with E-state index in [0.717, 1.165) is 15.8 Å². The van der Waals surface area contributed by atoms with Crippen molar-refractivity contribution in [2.24, 2.45) is 0 Å². The maximum atomic E-state index is 4.23. The van der Waals surface area contributed by atoms with Gasteiger partial charge in [0.25, 0.3) is 0 Å². The van der Waals surface area contributed by atoms with E-state index in [1.807, 2.05) is 17.8 Å². The largest absolute Gasteiger partial charge is 0.327 e.